The first kappa shape index (κ1) is 18.9. The summed E-state index contributed by atoms with van der Waals surface area (Å²) in [4.78, 5) is 34.8. The van der Waals surface area contributed by atoms with Crippen LogP contribution in [-0.2, 0) is 9.53 Å². The van der Waals surface area contributed by atoms with Gasteiger partial charge in [-0.15, -0.1) is 0 Å². The quantitative estimate of drug-likeness (QED) is 0.459. The summed E-state index contributed by atoms with van der Waals surface area (Å²) in [6, 6.07) is 4.16. The Balaban J connectivity index is 1.29. The number of nitrogens with one attached hydrogen (secondary N) is 1. The van der Waals surface area contributed by atoms with E-state index in [2.05, 4.69) is 5.32 Å². The molecule has 1 amide bonds. The van der Waals surface area contributed by atoms with E-state index in [4.69, 9.17) is 4.74 Å². The zero-order chi connectivity index (χ0) is 19.9. The third kappa shape index (κ3) is 3.75. The van der Waals surface area contributed by atoms with Gasteiger partial charge in [-0.05, 0) is 74.7 Å². The molecule has 0 radical (unpaired) electrons. The smallest absolute Gasteiger partial charge is 0.338 e. The number of benzene rings is 1. The molecule has 4 aliphatic carbocycles. The van der Waals surface area contributed by atoms with Crippen LogP contribution in [0.2, 0.25) is 0 Å². The van der Waals surface area contributed by atoms with E-state index in [1.165, 1.54) is 56.7 Å². The maximum Gasteiger partial charge on any atom is 0.338 e. The number of hydrogen-bond donors (Lipinski definition) is 1. The van der Waals surface area contributed by atoms with Crippen LogP contribution >= 0.6 is 0 Å². The molecule has 0 saturated heterocycles. The zero-order valence-corrected chi connectivity index (χ0v) is 16.1. The van der Waals surface area contributed by atoms with Crippen LogP contribution in [0.25, 0.3) is 0 Å². The van der Waals surface area contributed by atoms with Crippen LogP contribution in [0.5, 0.6) is 0 Å². The van der Waals surface area contributed by atoms with Gasteiger partial charge in [0.2, 0.25) is 0 Å². The SMILES string of the molecule is Cc1ccc(C(=O)OCC(=O)NCC23CC4CC(CC(C4)C2)C3)cc1[N+](=O)[O-]. The van der Waals surface area contributed by atoms with Crippen LogP contribution in [0.3, 0.4) is 0 Å². The maximum absolute atomic E-state index is 12.2. The summed E-state index contributed by atoms with van der Waals surface area (Å²) in [7, 11) is 0. The molecule has 28 heavy (non-hydrogen) atoms. The first-order valence-corrected chi connectivity index (χ1v) is 10.0. The van der Waals surface area contributed by atoms with Gasteiger partial charge in [0.05, 0.1) is 10.5 Å². The van der Waals surface area contributed by atoms with Crippen LogP contribution < -0.4 is 5.32 Å². The van der Waals surface area contributed by atoms with Crippen LogP contribution in [-0.4, -0.2) is 30.0 Å². The van der Waals surface area contributed by atoms with Gasteiger partial charge in [-0.2, -0.15) is 0 Å². The molecular weight excluding hydrogens is 360 g/mol. The molecule has 5 rings (SSSR count). The Morgan fingerprint density at radius 1 is 1.18 bits per heavy atom. The van der Waals surface area contributed by atoms with Crippen LogP contribution in [0.4, 0.5) is 5.69 Å². The first-order valence-electron chi connectivity index (χ1n) is 10.0. The molecule has 4 saturated carbocycles. The average Bonchev–Trinajstić information content (AvgIpc) is 2.63. The molecule has 4 fully saturated rings. The van der Waals surface area contributed by atoms with E-state index >= 15 is 0 Å². The molecule has 0 aliphatic heterocycles. The van der Waals surface area contributed by atoms with E-state index in [1.54, 1.807) is 6.92 Å². The van der Waals surface area contributed by atoms with Gasteiger partial charge < -0.3 is 10.1 Å². The maximum atomic E-state index is 12.2. The number of aryl methyl sites for hydroxylation is 1. The molecule has 0 aromatic heterocycles. The Hall–Kier alpha value is -2.44. The van der Waals surface area contributed by atoms with E-state index in [9.17, 15) is 19.7 Å². The molecular formula is C21H26N2O5. The summed E-state index contributed by atoms with van der Waals surface area (Å²) in [5.41, 5.74) is 0.633. The van der Waals surface area contributed by atoms with Gasteiger partial charge in [-0.1, -0.05) is 6.07 Å². The fourth-order valence-electron chi connectivity index (χ4n) is 5.99. The first-order chi connectivity index (χ1) is 13.3. The van der Waals surface area contributed by atoms with Crippen molar-refractivity contribution in [3.63, 3.8) is 0 Å². The summed E-state index contributed by atoms with van der Waals surface area (Å²) < 4.78 is 5.06. The van der Waals surface area contributed by atoms with Crippen molar-refractivity contribution >= 4 is 17.6 Å². The van der Waals surface area contributed by atoms with Crippen molar-refractivity contribution in [2.45, 2.75) is 45.4 Å². The Morgan fingerprint density at radius 3 is 2.36 bits per heavy atom. The number of nitrogens with zero attached hydrogens (tertiary/aromatic N) is 1. The predicted molar refractivity (Wildman–Crippen MR) is 102 cm³/mol. The zero-order valence-electron chi connectivity index (χ0n) is 16.1. The molecule has 150 valence electrons. The van der Waals surface area contributed by atoms with Gasteiger partial charge in [0.25, 0.3) is 11.6 Å². The van der Waals surface area contributed by atoms with Crippen molar-refractivity contribution < 1.29 is 19.2 Å². The Morgan fingerprint density at radius 2 is 1.79 bits per heavy atom. The van der Waals surface area contributed by atoms with Crippen LogP contribution in [0, 0.1) is 40.2 Å². The molecule has 7 heteroatoms. The second-order valence-electron chi connectivity index (χ2n) is 9.03. The number of carbonyl (C=O) groups is 2. The molecule has 1 N–H and O–H groups in total. The van der Waals surface area contributed by atoms with Gasteiger partial charge >= 0.3 is 5.97 Å². The van der Waals surface area contributed by atoms with Gasteiger partial charge in [0.15, 0.2) is 6.61 Å². The summed E-state index contributed by atoms with van der Waals surface area (Å²) in [6.45, 7) is 1.89. The monoisotopic (exact) mass is 386 g/mol. The molecule has 0 spiro atoms. The minimum Gasteiger partial charge on any atom is -0.452 e. The third-order valence-corrected chi connectivity index (χ3v) is 6.80. The number of esters is 1. The second-order valence-corrected chi connectivity index (χ2v) is 9.03. The summed E-state index contributed by atoms with van der Waals surface area (Å²) in [5, 5.41) is 14.0. The standard InChI is InChI=1S/C21H26N2O5/c1-13-2-3-17(7-18(13)23(26)27)20(25)28-11-19(24)22-12-21-8-14-4-15(9-21)6-16(5-14)10-21/h2-3,7,14-16H,4-6,8-12H2,1H3,(H,22,24). The Labute approximate surface area is 164 Å². The van der Waals surface area contributed by atoms with E-state index in [0.29, 0.717) is 12.1 Å². The Kier molecular flexibility index (Phi) is 4.85. The molecule has 0 unspecified atom stereocenters. The Bertz CT molecular complexity index is 784. The van der Waals surface area contributed by atoms with Crippen molar-refractivity contribution in [2.75, 3.05) is 13.2 Å². The summed E-state index contributed by atoms with van der Waals surface area (Å²) in [5.74, 6) is 1.41. The minimum atomic E-state index is -0.729. The van der Waals surface area contributed by atoms with Crippen molar-refractivity contribution in [3.05, 3.63) is 39.4 Å². The number of carbonyl (C=O) groups excluding carboxylic acids is 2. The molecule has 7 nitrogen and oxygen atoms in total. The fraction of sp³-hybridized carbons (Fsp3) is 0.619. The molecule has 4 bridgehead atoms. The van der Waals surface area contributed by atoms with E-state index in [0.717, 1.165) is 17.8 Å². The van der Waals surface area contributed by atoms with E-state index in [1.807, 2.05) is 0 Å². The molecule has 4 aliphatic rings. The molecule has 1 aromatic rings. The molecule has 1 aromatic carbocycles. The molecule has 0 heterocycles. The lowest BCUT2D eigenvalue weighted by Crippen LogP contribution is -2.51. The van der Waals surface area contributed by atoms with Gasteiger partial charge in [-0.3, -0.25) is 14.9 Å². The minimum absolute atomic E-state index is 0.0752. The summed E-state index contributed by atoms with van der Waals surface area (Å²) in [6.07, 6.45) is 7.67. The summed E-state index contributed by atoms with van der Waals surface area (Å²) >= 11 is 0. The number of amides is 1. The lowest BCUT2D eigenvalue weighted by molar-refractivity contribution is -0.385. The van der Waals surface area contributed by atoms with Gasteiger partial charge in [0, 0.05) is 18.2 Å². The topological polar surface area (TPSA) is 98.5 Å². The van der Waals surface area contributed by atoms with Crippen LogP contribution in [0.1, 0.15) is 54.4 Å². The van der Waals surface area contributed by atoms with Crippen LogP contribution in [0.15, 0.2) is 18.2 Å². The van der Waals surface area contributed by atoms with E-state index in [-0.39, 0.29) is 29.2 Å². The largest absolute Gasteiger partial charge is 0.452 e. The molecule has 0 atom stereocenters. The highest BCUT2D eigenvalue weighted by Gasteiger charge is 2.50. The lowest BCUT2D eigenvalue weighted by Gasteiger charge is -2.56. The number of hydrogen-bond acceptors (Lipinski definition) is 5. The number of ether oxygens (including phenoxy) is 1. The van der Waals surface area contributed by atoms with E-state index < -0.39 is 10.9 Å². The lowest BCUT2D eigenvalue weighted by atomic mass is 9.49. The predicted octanol–water partition coefficient (Wildman–Crippen LogP) is 3.39. The van der Waals surface area contributed by atoms with Gasteiger partial charge in [0.1, 0.15) is 0 Å². The van der Waals surface area contributed by atoms with Crippen molar-refractivity contribution in [1.82, 2.24) is 5.32 Å². The number of nitro benzene ring substituents is 1. The number of rotatable bonds is 6. The highest BCUT2D eigenvalue weighted by molar-refractivity contribution is 5.92. The van der Waals surface area contributed by atoms with Crippen molar-refractivity contribution in [1.29, 1.82) is 0 Å². The fourth-order valence-corrected chi connectivity index (χ4v) is 5.99. The second kappa shape index (κ2) is 7.18. The van der Waals surface area contributed by atoms with Crippen molar-refractivity contribution in [2.24, 2.45) is 23.2 Å². The number of nitro groups is 1. The normalized spacial score (nSPS) is 30.1. The highest BCUT2D eigenvalue weighted by Crippen LogP contribution is 2.59. The van der Waals surface area contributed by atoms with Gasteiger partial charge in [-0.25, -0.2) is 4.79 Å². The van der Waals surface area contributed by atoms with Crippen molar-refractivity contribution in [3.8, 4) is 0 Å². The third-order valence-electron chi connectivity index (χ3n) is 6.80. The highest BCUT2D eigenvalue weighted by atomic mass is 16.6. The average molecular weight is 386 g/mol.